The normalized spacial score (nSPS) is 11.2. The first-order valence-corrected chi connectivity index (χ1v) is 8.32. The Labute approximate surface area is 154 Å². The smallest absolute Gasteiger partial charge is 0.345 e. The Kier molecular flexibility index (Phi) is 5.49. The fraction of sp³-hybridized carbons (Fsp3) is 0.150. The number of carbonyl (C=O) groups excluding carboxylic acids is 1. The number of alkyl halides is 3. The van der Waals surface area contributed by atoms with Crippen molar-refractivity contribution in [3.05, 3.63) is 89.7 Å². The summed E-state index contributed by atoms with van der Waals surface area (Å²) in [4.78, 5) is 12.0. The number of aromatic nitrogens is 1. The van der Waals surface area contributed by atoms with E-state index in [2.05, 4.69) is 10.6 Å². The predicted octanol–water partition coefficient (Wildman–Crippen LogP) is 4.88. The van der Waals surface area contributed by atoms with Gasteiger partial charge in [0.1, 0.15) is 0 Å². The Morgan fingerprint density at radius 2 is 1.74 bits per heavy atom. The zero-order valence-corrected chi connectivity index (χ0v) is 14.3. The number of anilines is 1. The minimum absolute atomic E-state index is 0.0852. The fourth-order valence-electron chi connectivity index (χ4n) is 2.66. The van der Waals surface area contributed by atoms with Crippen LogP contribution in [0.15, 0.2) is 72.9 Å². The summed E-state index contributed by atoms with van der Waals surface area (Å²) in [6.45, 7) is 0.921. The van der Waals surface area contributed by atoms with Gasteiger partial charge >= 0.3 is 12.2 Å². The third-order valence-corrected chi connectivity index (χ3v) is 4.00. The summed E-state index contributed by atoms with van der Waals surface area (Å²) in [5.41, 5.74) is 1.29. The average molecular weight is 373 g/mol. The molecule has 140 valence electrons. The summed E-state index contributed by atoms with van der Waals surface area (Å²) in [6.07, 6.45) is -2.54. The lowest BCUT2D eigenvalue weighted by molar-refractivity contribution is -0.137. The van der Waals surface area contributed by atoms with Crippen molar-refractivity contribution < 1.29 is 18.0 Å². The first-order chi connectivity index (χ1) is 12.9. The Hall–Kier alpha value is -3.22. The van der Waals surface area contributed by atoms with Crippen LogP contribution < -0.4 is 10.6 Å². The molecule has 2 N–H and O–H groups in total. The van der Waals surface area contributed by atoms with Crippen LogP contribution in [0.2, 0.25) is 0 Å². The van der Waals surface area contributed by atoms with Gasteiger partial charge < -0.3 is 15.2 Å². The molecule has 0 radical (unpaired) electrons. The maximum absolute atomic E-state index is 12.7. The Balaban J connectivity index is 1.58. The van der Waals surface area contributed by atoms with Gasteiger partial charge in [0.25, 0.3) is 0 Å². The molecule has 27 heavy (non-hydrogen) atoms. The molecule has 1 heterocycles. The van der Waals surface area contributed by atoms with Gasteiger partial charge in [-0.1, -0.05) is 36.4 Å². The van der Waals surface area contributed by atoms with Gasteiger partial charge in [-0.15, -0.1) is 0 Å². The highest BCUT2D eigenvalue weighted by Gasteiger charge is 2.30. The van der Waals surface area contributed by atoms with Gasteiger partial charge in [0.05, 0.1) is 12.1 Å². The minimum atomic E-state index is -4.45. The van der Waals surface area contributed by atoms with Gasteiger partial charge in [-0.05, 0) is 35.9 Å². The zero-order valence-electron chi connectivity index (χ0n) is 14.3. The minimum Gasteiger partial charge on any atom is -0.345 e. The van der Waals surface area contributed by atoms with Crippen molar-refractivity contribution in [1.82, 2.24) is 9.88 Å². The number of amides is 2. The quantitative estimate of drug-likeness (QED) is 0.658. The first kappa shape index (κ1) is 18.6. The van der Waals surface area contributed by atoms with Crippen LogP contribution in [0.4, 0.5) is 23.7 Å². The van der Waals surface area contributed by atoms with E-state index in [1.165, 1.54) is 12.1 Å². The second-order valence-electron chi connectivity index (χ2n) is 6.00. The molecule has 0 spiro atoms. The van der Waals surface area contributed by atoms with Gasteiger partial charge in [-0.2, -0.15) is 13.2 Å². The number of rotatable bonds is 5. The monoisotopic (exact) mass is 373 g/mol. The molecule has 7 heteroatoms. The lowest BCUT2D eigenvalue weighted by Crippen LogP contribution is -2.29. The second kappa shape index (κ2) is 7.99. The summed E-state index contributed by atoms with van der Waals surface area (Å²) in [6, 6.07) is 17.6. The van der Waals surface area contributed by atoms with E-state index < -0.39 is 17.8 Å². The summed E-state index contributed by atoms with van der Waals surface area (Å²) in [5, 5.41) is 5.09. The molecule has 1 aromatic heterocycles. The Morgan fingerprint density at radius 3 is 2.48 bits per heavy atom. The number of urea groups is 1. The van der Waals surface area contributed by atoms with Crippen LogP contribution in [-0.4, -0.2) is 10.6 Å². The zero-order chi connectivity index (χ0) is 19.3. The molecule has 3 aromatic rings. The van der Waals surface area contributed by atoms with Crippen molar-refractivity contribution in [2.45, 2.75) is 19.3 Å². The number of hydrogen-bond acceptors (Lipinski definition) is 1. The van der Waals surface area contributed by atoms with E-state index >= 15 is 0 Å². The molecule has 2 amide bonds. The molecule has 0 atom stereocenters. The van der Waals surface area contributed by atoms with E-state index in [1.54, 1.807) is 0 Å². The third-order valence-electron chi connectivity index (χ3n) is 4.00. The summed E-state index contributed by atoms with van der Waals surface area (Å²) in [7, 11) is 0. The first-order valence-electron chi connectivity index (χ1n) is 8.32. The highest BCUT2D eigenvalue weighted by atomic mass is 19.4. The van der Waals surface area contributed by atoms with Crippen molar-refractivity contribution in [3.8, 4) is 0 Å². The number of hydrogen-bond donors (Lipinski definition) is 2. The predicted molar refractivity (Wildman–Crippen MR) is 97.3 cm³/mol. The van der Waals surface area contributed by atoms with Crippen molar-refractivity contribution in [3.63, 3.8) is 0 Å². The molecule has 4 nitrogen and oxygen atoms in total. The molecule has 0 saturated heterocycles. The molecule has 0 fully saturated rings. The van der Waals surface area contributed by atoms with Crippen molar-refractivity contribution >= 4 is 11.7 Å². The maximum atomic E-state index is 12.7. The molecule has 0 saturated carbocycles. The Morgan fingerprint density at radius 1 is 0.963 bits per heavy atom. The SMILES string of the molecule is O=C(NCc1cccn1Cc1ccccc1)Nc1cccc(C(F)(F)F)c1. The van der Waals surface area contributed by atoms with Gasteiger partial charge in [0.2, 0.25) is 0 Å². The van der Waals surface area contributed by atoms with Gasteiger partial charge in [-0.25, -0.2) is 4.79 Å². The molecule has 0 aliphatic rings. The number of carbonyl (C=O) groups is 1. The van der Waals surface area contributed by atoms with Crippen LogP contribution in [0.1, 0.15) is 16.8 Å². The van der Waals surface area contributed by atoms with Gasteiger partial charge in [-0.3, -0.25) is 0 Å². The van der Waals surface area contributed by atoms with Gasteiger partial charge in [0, 0.05) is 24.1 Å². The third kappa shape index (κ3) is 5.13. The molecule has 0 bridgehead atoms. The average Bonchev–Trinajstić information content (AvgIpc) is 3.07. The van der Waals surface area contributed by atoms with Gasteiger partial charge in [0.15, 0.2) is 0 Å². The molecule has 0 aliphatic heterocycles. The second-order valence-corrected chi connectivity index (χ2v) is 6.00. The van der Waals surface area contributed by atoms with Crippen molar-refractivity contribution in [2.75, 3.05) is 5.32 Å². The van der Waals surface area contributed by atoms with Crippen LogP contribution in [0, 0.1) is 0 Å². The Bertz CT molecular complexity index is 904. The number of nitrogens with zero attached hydrogens (tertiary/aromatic N) is 1. The molecule has 3 rings (SSSR count). The topological polar surface area (TPSA) is 46.1 Å². The van der Waals surface area contributed by atoms with Crippen LogP contribution in [0.3, 0.4) is 0 Å². The van der Waals surface area contributed by atoms with Crippen LogP contribution in [0.25, 0.3) is 0 Å². The molecular weight excluding hydrogens is 355 g/mol. The van der Waals surface area contributed by atoms with E-state index in [0.717, 1.165) is 23.4 Å². The fourth-order valence-corrected chi connectivity index (χ4v) is 2.66. The standard InChI is InChI=1S/C20H18F3N3O/c21-20(22,23)16-8-4-9-17(12-16)25-19(27)24-13-18-10-5-11-26(18)14-15-6-2-1-3-7-15/h1-12H,13-14H2,(H2,24,25,27). The lowest BCUT2D eigenvalue weighted by Gasteiger charge is -2.12. The molecule has 2 aromatic carbocycles. The molecule has 0 aliphatic carbocycles. The van der Waals surface area contributed by atoms with E-state index in [9.17, 15) is 18.0 Å². The van der Waals surface area contributed by atoms with E-state index in [1.807, 2.05) is 53.2 Å². The highest BCUT2D eigenvalue weighted by Crippen LogP contribution is 2.30. The van der Waals surface area contributed by atoms with Crippen molar-refractivity contribution in [1.29, 1.82) is 0 Å². The maximum Gasteiger partial charge on any atom is 0.416 e. The number of benzene rings is 2. The van der Waals surface area contributed by atoms with Crippen LogP contribution >= 0.6 is 0 Å². The number of nitrogens with one attached hydrogen (secondary N) is 2. The summed E-state index contributed by atoms with van der Waals surface area (Å²) >= 11 is 0. The number of halogens is 3. The van der Waals surface area contributed by atoms with Crippen LogP contribution in [-0.2, 0) is 19.3 Å². The van der Waals surface area contributed by atoms with E-state index in [-0.39, 0.29) is 12.2 Å². The van der Waals surface area contributed by atoms with Crippen molar-refractivity contribution in [2.24, 2.45) is 0 Å². The van der Waals surface area contributed by atoms with Crippen LogP contribution in [0.5, 0.6) is 0 Å². The summed E-state index contributed by atoms with van der Waals surface area (Å²) < 4.78 is 40.2. The van der Waals surface area contributed by atoms with E-state index in [0.29, 0.717) is 6.54 Å². The molecule has 0 unspecified atom stereocenters. The molecular formula is C20H18F3N3O. The lowest BCUT2D eigenvalue weighted by atomic mass is 10.2. The largest absolute Gasteiger partial charge is 0.416 e. The summed E-state index contributed by atoms with van der Waals surface area (Å²) in [5.74, 6) is 0. The highest BCUT2D eigenvalue weighted by molar-refractivity contribution is 5.89. The van der Waals surface area contributed by atoms with E-state index in [4.69, 9.17) is 0 Å².